The van der Waals surface area contributed by atoms with Crippen LogP contribution in [-0.4, -0.2) is 22.1 Å². The van der Waals surface area contributed by atoms with Crippen molar-refractivity contribution in [1.82, 2.24) is 4.98 Å². The van der Waals surface area contributed by atoms with Gasteiger partial charge in [0.05, 0.1) is 0 Å². The van der Waals surface area contributed by atoms with Gasteiger partial charge in [-0.3, -0.25) is 4.79 Å². The van der Waals surface area contributed by atoms with Gasteiger partial charge in [-0.1, -0.05) is 12.1 Å². The molecular weight excluding hydrogens is 242 g/mol. The Kier molecular flexibility index (Phi) is 3.29. The molecule has 0 amide bonds. The maximum Gasteiger partial charge on any atom is 0.320 e. The first kappa shape index (κ1) is 12.5. The first-order valence-electron chi connectivity index (χ1n) is 5.35. The number of carbonyl (C=O) groups is 1. The van der Waals surface area contributed by atoms with Gasteiger partial charge >= 0.3 is 5.97 Å². The van der Waals surface area contributed by atoms with E-state index in [0.717, 1.165) is 5.39 Å². The first-order chi connectivity index (χ1) is 8.49. The second-order valence-corrected chi connectivity index (χ2v) is 4.07. The van der Waals surface area contributed by atoms with Crippen molar-refractivity contribution in [1.29, 1.82) is 0 Å². The van der Waals surface area contributed by atoms with Crippen LogP contribution in [0.4, 0.5) is 8.78 Å². The van der Waals surface area contributed by atoms with E-state index in [9.17, 15) is 13.6 Å². The third-order valence-corrected chi connectivity index (χ3v) is 2.80. The van der Waals surface area contributed by atoms with Gasteiger partial charge in [-0.2, -0.15) is 0 Å². The summed E-state index contributed by atoms with van der Waals surface area (Å²) in [7, 11) is 0. The largest absolute Gasteiger partial charge is 0.480 e. The van der Waals surface area contributed by atoms with Gasteiger partial charge in [0, 0.05) is 29.1 Å². The number of nitrogens with two attached hydrogens (primary N) is 1. The number of hydrogen-bond donors (Lipinski definition) is 3. The number of H-pyrrole nitrogens is 1. The minimum absolute atomic E-state index is 0.0709. The molecule has 0 fully saturated rings. The summed E-state index contributed by atoms with van der Waals surface area (Å²) >= 11 is 0. The zero-order chi connectivity index (χ0) is 13.3. The van der Waals surface area contributed by atoms with Crippen LogP contribution in [0.5, 0.6) is 0 Å². The van der Waals surface area contributed by atoms with Crippen LogP contribution in [0.3, 0.4) is 0 Å². The second kappa shape index (κ2) is 4.73. The summed E-state index contributed by atoms with van der Waals surface area (Å²) in [6.45, 7) is 0. The Balaban J connectivity index is 2.34. The molecule has 0 radical (unpaired) electrons. The third kappa shape index (κ3) is 2.33. The molecule has 1 unspecified atom stereocenters. The average molecular weight is 254 g/mol. The monoisotopic (exact) mass is 254 g/mol. The number of aliphatic carboxylic acids is 1. The van der Waals surface area contributed by atoms with Gasteiger partial charge in [-0.15, -0.1) is 0 Å². The summed E-state index contributed by atoms with van der Waals surface area (Å²) in [5.41, 5.74) is 6.64. The lowest BCUT2D eigenvalue weighted by atomic mass is 10.0. The van der Waals surface area contributed by atoms with Gasteiger partial charge in [0.15, 0.2) is 0 Å². The molecule has 1 atom stereocenters. The van der Waals surface area contributed by atoms with Gasteiger partial charge in [-0.05, 0) is 11.6 Å². The molecule has 4 nitrogen and oxygen atoms in total. The molecule has 0 aliphatic heterocycles. The Morgan fingerprint density at radius 3 is 2.78 bits per heavy atom. The van der Waals surface area contributed by atoms with E-state index in [4.69, 9.17) is 10.8 Å². The fourth-order valence-electron chi connectivity index (χ4n) is 1.83. The number of aromatic amines is 1. The smallest absolute Gasteiger partial charge is 0.320 e. The lowest BCUT2D eigenvalue weighted by Crippen LogP contribution is -2.32. The van der Waals surface area contributed by atoms with Gasteiger partial charge in [0.1, 0.15) is 6.04 Å². The highest BCUT2D eigenvalue weighted by Crippen LogP contribution is 2.25. The molecule has 1 aromatic heterocycles. The highest BCUT2D eigenvalue weighted by Gasteiger charge is 2.15. The van der Waals surface area contributed by atoms with Crippen molar-refractivity contribution in [3.05, 3.63) is 35.5 Å². The van der Waals surface area contributed by atoms with Crippen molar-refractivity contribution < 1.29 is 18.7 Å². The quantitative estimate of drug-likeness (QED) is 0.781. The molecule has 1 heterocycles. The number of rotatable bonds is 4. The van der Waals surface area contributed by atoms with E-state index in [1.807, 2.05) is 0 Å². The molecular formula is C12H12F2N2O2. The number of alkyl halides is 2. The Morgan fingerprint density at radius 1 is 1.44 bits per heavy atom. The molecule has 2 rings (SSSR count). The van der Waals surface area contributed by atoms with E-state index in [1.54, 1.807) is 12.3 Å². The number of nitrogens with one attached hydrogen (secondary N) is 1. The number of halogens is 2. The van der Waals surface area contributed by atoms with Crippen molar-refractivity contribution in [3.63, 3.8) is 0 Å². The van der Waals surface area contributed by atoms with E-state index in [1.165, 1.54) is 12.1 Å². The molecule has 2 aromatic rings. The van der Waals surface area contributed by atoms with Crippen molar-refractivity contribution in [2.24, 2.45) is 5.73 Å². The summed E-state index contributed by atoms with van der Waals surface area (Å²) in [5, 5.41) is 9.45. The number of carboxylic acid groups (broad SMARTS) is 1. The predicted molar refractivity (Wildman–Crippen MR) is 62.6 cm³/mol. The summed E-state index contributed by atoms with van der Waals surface area (Å²) in [6.07, 6.45) is -0.770. The van der Waals surface area contributed by atoms with E-state index in [0.29, 0.717) is 11.1 Å². The Bertz CT molecular complexity index is 580. The summed E-state index contributed by atoms with van der Waals surface area (Å²) < 4.78 is 25.0. The number of hydrogen-bond acceptors (Lipinski definition) is 2. The van der Waals surface area contributed by atoms with Crippen LogP contribution in [0.15, 0.2) is 24.4 Å². The van der Waals surface area contributed by atoms with Crippen molar-refractivity contribution in [3.8, 4) is 0 Å². The molecule has 18 heavy (non-hydrogen) atoms. The minimum atomic E-state index is -2.53. The van der Waals surface area contributed by atoms with E-state index in [2.05, 4.69) is 4.98 Å². The van der Waals surface area contributed by atoms with Gasteiger partial charge in [0.2, 0.25) is 0 Å². The number of aromatic nitrogens is 1. The summed E-state index contributed by atoms with van der Waals surface area (Å²) in [5.74, 6) is -1.09. The van der Waals surface area contributed by atoms with Gasteiger partial charge < -0.3 is 15.8 Å². The Labute approximate surface area is 101 Å². The van der Waals surface area contributed by atoms with Crippen LogP contribution in [0.1, 0.15) is 17.6 Å². The van der Waals surface area contributed by atoms with E-state index < -0.39 is 18.4 Å². The van der Waals surface area contributed by atoms with Crippen molar-refractivity contribution >= 4 is 16.9 Å². The highest BCUT2D eigenvalue weighted by atomic mass is 19.3. The molecule has 6 heteroatoms. The average Bonchev–Trinajstić information content (AvgIpc) is 2.71. The standard InChI is InChI=1S/C12H12F2N2O2/c13-11(14)6-1-2-8-7(3-9(15)12(17)18)5-16-10(8)4-6/h1-2,4-5,9,11,16H,3,15H2,(H,17,18). The zero-order valence-corrected chi connectivity index (χ0v) is 9.36. The Hall–Kier alpha value is -1.95. The SMILES string of the molecule is NC(Cc1c[nH]c2cc(C(F)F)ccc12)C(=O)O. The van der Waals surface area contributed by atoms with E-state index in [-0.39, 0.29) is 12.0 Å². The Morgan fingerprint density at radius 2 is 2.17 bits per heavy atom. The minimum Gasteiger partial charge on any atom is -0.480 e. The predicted octanol–water partition coefficient (Wildman–Crippen LogP) is 2.06. The van der Waals surface area contributed by atoms with Gasteiger partial charge in [0.25, 0.3) is 6.43 Å². The van der Waals surface area contributed by atoms with Crippen LogP contribution in [-0.2, 0) is 11.2 Å². The molecule has 0 spiro atoms. The van der Waals surface area contributed by atoms with Crippen LogP contribution in [0.2, 0.25) is 0 Å². The van der Waals surface area contributed by atoms with E-state index >= 15 is 0 Å². The summed E-state index contributed by atoms with van der Waals surface area (Å²) in [6, 6.07) is 3.24. The zero-order valence-electron chi connectivity index (χ0n) is 9.36. The summed E-state index contributed by atoms with van der Waals surface area (Å²) in [4.78, 5) is 13.5. The highest BCUT2D eigenvalue weighted by molar-refractivity contribution is 5.85. The maximum absolute atomic E-state index is 12.5. The number of benzene rings is 1. The number of fused-ring (bicyclic) bond motifs is 1. The first-order valence-corrected chi connectivity index (χ1v) is 5.35. The lowest BCUT2D eigenvalue weighted by Gasteiger charge is -2.05. The second-order valence-electron chi connectivity index (χ2n) is 4.07. The van der Waals surface area contributed by atoms with Crippen LogP contribution < -0.4 is 5.73 Å². The molecule has 1 aromatic carbocycles. The molecule has 0 saturated carbocycles. The normalized spacial score (nSPS) is 13.1. The third-order valence-electron chi connectivity index (χ3n) is 2.80. The number of carboxylic acids is 1. The molecule has 0 aliphatic carbocycles. The van der Waals surface area contributed by atoms with Crippen LogP contribution >= 0.6 is 0 Å². The molecule has 0 aliphatic rings. The molecule has 0 saturated heterocycles. The van der Waals surface area contributed by atoms with Crippen LogP contribution in [0, 0.1) is 0 Å². The van der Waals surface area contributed by atoms with Crippen LogP contribution in [0.25, 0.3) is 10.9 Å². The van der Waals surface area contributed by atoms with Gasteiger partial charge in [-0.25, -0.2) is 8.78 Å². The topological polar surface area (TPSA) is 79.1 Å². The van der Waals surface area contributed by atoms with Crippen molar-refractivity contribution in [2.45, 2.75) is 18.9 Å². The fourth-order valence-corrected chi connectivity index (χ4v) is 1.83. The van der Waals surface area contributed by atoms with Crippen molar-refractivity contribution in [2.75, 3.05) is 0 Å². The molecule has 0 bridgehead atoms. The lowest BCUT2D eigenvalue weighted by molar-refractivity contribution is -0.138. The fraction of sp³-hybridized carbons (Fsp3) is 0.250. The molecule has 4 N–H and O–H groups in total. The molecule has 96 valence electrons. The maximum atomic E-state index is 12.5.